The second-order valence-electron chi connectivity index (χ2n) is 19.2. The minimum atomic E-state index is -1.45. The van der Waals surface area contributed by atoms with E-state index >= 15 is 0 Å². The van der Waals surface area contributed by atoms with Gasteiger partial charge in [0.05, 0.1) is 0 Å². The van der Waals surface area contributed by atoms with Crippen LogP contribution in [0.4, 0.5) is 0 Å². The van der Waals surface area contributed by atoms with Crippen molar-refractivity contribution in [2.45, 2.75) is 57.8 Å². The summed E-state index contributed by atoms with van der Waals surface area (Å²) >= 11 is 0. The van der Waals surface area contributed by atoms with Crippen molar-refractivity contribution in [3.63, 3.8) is 0 Å². The van der Waals surface area contributed by atoms with Gasteiger partial charge in [-0.25, -0.2) is 0 Å². The Morgan fingerprint density at radius 1 is 0.682 bits per heavy atom. The molecule has 210 valence electrons. The van der Waals surface area contributed by atoms with E-state index in [1.165, 1.54) is 38.1 Å². The van der Waals surface area contributed by atoms with Crippen LogP contribution in [0, 0.1) is 58.7 Å². The van der Waals surface area contributed by atoms with E-state index in [0.717, 1.165) is 29.6 Å². The molecule has 16 rings (SSSR count). The summed E-state index contributed by atoms with van der Waals surface area (Å²) in [5.41, 5.74) is 33.4. The summed E-state index contributed by atoms with van der Waals surface area (Å²) in [6, 6.07) is 1.47. The van der Waals surface area contributed by atoms with Crippen LogP contribution in [0.5, 0.6) is 0 Å². The highest BCUT2D eigenvalue weighted by atomic mass is 28.3. The molecule has 15 aliphatic carbocycles. The molecule has 1 heteroatoms. The average Bonchev–Trinajstić information content (AvgIpc) is 3.78. The Balaban J connectivity index is 1.26. The summed E-state index contributed by atoms with van der Waals surface area (Å²) in [5, 5.41) is 3.57. The maximum atomic E-state index is 2.93. The summed E-state index contributed by atoms with van der Waals surface area (Å²) in [6.07, 6.45) is 18.2. The molecule has 1 aromatic carbocycles. The summed E-state index contributed by atoms with van der Waals surface area (Å²) < 4.78 is 0. The van der Waals surface area contributed by atoms with Crippen LogP contribution in [0.15, 0.2) is 68.9 Å². The molecule has 0 saturated heterocycles. The summed E-state index contributed by atoms with van der Waals surface area (Å²) in [4.78, 5) is 0. The topological polar surface area (TPSA) is 0 Å². The third kappa shape index (κ3) is 1.59. The number of allylic oxidation sites excluding steroid dienone is 16. The molecule has 0 radical (unpaired) electrons. The molecule has 10 atom stereocenters. The average molecular weight is 579 g/mol. The molecule has 4 fully saturated rings. The fourth-order valence-corrected chi connectivity index (χ4v) is 19.0. The molecule has 0 nitrogen and oxygen atoms in total. The molecule has 44 heavy (non-hydrogen) atoms. The van der Waals surface area contributed by atoms with Gasteiger partial charge in [-0.15, -0.1) is 0 Å². The zero-order chi connectivity index (χ0) is 27.8. The molecule has 0 spiro atoms. The van der Waals surface area contributed by atoms with Crippen molar-refractivity contribution in [2.24, 2.45) is 58.7 Å². The Morgan fingerprint density at radius 2 is 1.57 bits per heavy atom. The quantitative estimate of drug-likeness (QED) is 0.315. The monoisotopic (exact) mass is 578 g/mol. The van der Waals surface area contributed by atoms with Crippen molar-refractivity contribution >= 4 is 41.5 Å². The molecule has 4 saturated carbocycles. The molecule has 0 N–H and O–H groups in total. The number of hydrogen-bond acceptors (Lipinski definition) is 0. The van der Waals surface area contributed by atoms with E-state index in [0.29, 0.717) is 23.7 Å². The van der Waals surface area contributed by atoms with E-state index in [-0.39, 0.29) is 5.41 Å². The van der Waals surface area contributed by atoms with Crippen LogP contribution in [0.1, 0.15) is 54.4 Å². The molecule has 1 aromatic rings. The van der Waals surface area contributed by atoms with E-state index in [1.807, 2.05) is 72.1 Å². The largest absolute Gasteiger partial charge is 0.0766 e. The summed E-state index contributed by atoms with van der Waals surface area (Å²) in [5.74, 6) is 6.91. The predicted octanol–water partition coefficient (Wildman–Crippen LogP) is 7.73. The second-order valence-corrected chi connectivity index (χ2v) is 24.6. The van der Waals surface area contributed by atoms with Crippen LogP contribution < -0.4 is 10.4 Å². The van der Waals surface area contributed by atoms with Crippen molar-refractivity contribution in [2.75, 3.05) is 0 Å². The SMILES string of the molecule is C[Si](C)(C)CC12C3=C4C5=C6C7=CC8CC9=CC%10=CC%11CC%12CC%13CC%14=CC(C7)C6C3=C%14C1C%13C%12C1=C2c2c4c(c9c%10c2=C1%11)=C58. The molecular weight excluding hydrogens is 545 g/mol. The molecule has 0 heterocycles. The smallest absolute Gasteiger partial charge is 0.0455 e. The fourth-order valence-electron chi connectivity index (χ4n) is 16.7. The number of benzene rings is 1. The van der Waals surface area contributed by atoms with Crippen LogP contribution in [0.3, 0.4) is 0 Å². The molecule has 0 bridgehead atoms. The lowest BCUT2D eigenvalue weighted by molar-refractivity contribution is 0.144. The van der Waals surface area contributed by atoms with Gasteiger partial charge in [0.2, 0.25) is 0 Å². The van der Waals surface area contributed by atoms with Gasteiger partial charge < -0.3 is 0 Å². The predicted molar refractivity (Wildman–Crippen MR) is 178 cm³/mol. The molecule has 15 aliphatic rings. The van der Waals surface area contributed by atoms with E-state index in [2.05, 4.69) is 43.9 Å². The first-order valence-electron chi connectivity index (χ1n) is 18.3. The molecule has 0 aromatic heterocycles. The van der Waals surface area contributed by atoms with Gasteiger partial charge in [-0.3, -0.25) is 0 Å². The summed E-state index contributed by atoms with van der Waals surface area (Å²) in [6.45, 7) is 8.19. The lowest BCUT2D eigenvalue weighted by atomic mass is 9.48. The van der Waals surface area contributed by atoms with E-state index in [1.54, 1.807) is 38.6 Å². The van der Waals surface area contributed by atoms with Gasteiger partial charge in [0.15, 0.2) is 0 Å². The first-order valence-corrected chi connectivity index (χ1v) is 22.0. The van der Waals surface area contributed by atoms with E-state index in [4.69, 9.17) is 0 Å². The highest BCUT2D eigenvalue weighted by Crippen LogP contribution is 2.84. The van der Waals surface area contributed by atoms with Crippen molar-refractivity contribution in [3.05, 3.63) is 102 Å². The van der Waals surface area contributed by atoms with E-state index in [9.17, 15) is 0 Å². The molecule has 0 aliphatic heterocycles. The third-order valence-corrected chi connectivity index (χ3v) is 18.2. The van der Waals surface area contributed by atoms with Crippen LogP contribution in [-0.2, 0) is 0 Å². The van der Waals surface area contributed by atoms with Gasteiger partial charge in [0.1, 0.15) is 0 Å². The van der Waals surface area contributed by atoms with Crippen LogP contribution in [0.25, 0.3) is 33.4 Å². The standard InChI is InChI=1S/C43H34Si/c1-44(2,3)13-43-40-30-21-11-18-9-20-8-15-4-14-6-19-7-16-5-17-10-22(12-21)31(40)37-26(17)25(16)33-28(19)32-23(14)24(15)34-29(20)36(27(18)30)41(43)39(34)35(32)38(33)42(37)43/h4,7-8,10,17-21,26-27,30,40H,5-6,9,11-13H2,1-3H3. The first kappa shape index (κ1) is 21.0. The fraction of sp³-hybridized carbons (Fsp3) is 0.442. The van der Waals surface area contributed by atoms with Crippen molar-refractivity contribution in [3.8, 4) is 0 Å². The van der Waals surface area contributed by atoms with Gasteiger partial charge in [0, 0.05) is 37.2 Å². The minimum Gasteiger partial charge on any atom is -0.0766 e. The van der Waals surface area contributed by atoms with Crippen molar-refractivity contribution in [1.82, 2.24) is 0 Å². The number of rotatable bonds is 2. The maximum Gasteiger partial charge on any atom is 0.0455 e. The zero-order valence-electron chi connectivity index (χ0n) is 25.7. The Kier molecular flexibility index (Phi) is 2.60. The minimum absolute atomic E-state index is 0.250. The third-order valence-electron chi connectivity index (χ3n) is 16.6. The highest BCUT2D eigenvalue weighted by molar-refractivity contribution is 6.76. The van der Waals surface area contributed by atoms with Crippen LogP contribution >= 0.6 is 0 Å². The molecular formula is C43H34Si. The Bertz CT molecular complexity index is 2460. The van der Waals surface area contributed by atoms with E-state index < -0.39 is 8.07 Å². The van der Waals surface area contributed by atoms with Gasteiger partial charge in [0.25, 0.3) is 0 Å². The number of hydrogen-bond donors (Lipinski definition) is 0. The van der Waals surface area contributed by atoms with Gasteiger partial charge in [-0.1, -0.05) is 43.9 Å². The second kappa shape index (κ2) is 5.44. The maximum absolute atomic E-state index is 2.93. The molecule has 10 unspecified atom stereocenters. The van der Waals surface area contributed by atoms with Gasteiger partial charge in [-0.05, 0) is 178 Å². The Labute approximate surface area is 258 Å². The van der Waals surface area contributed by atoms with Crippen LogP contribution in [0.2, 0.25) is 25.7 Å². The Hall–Kier alpha value is -2.90. The lowest BCUT2D eigenvalue weighted by Crippen LogP contribution is -2.51. The highest BCUT2D eigenvalue weighted by Gasteiger charge is 2.74. The van der Waals surface area contributed by atoms with Crippen molar-refractivity contribution in [1.29, 1.82) is 0 Å². The zero-order valence-corrected chi connectivity index (χ0v) is 26.7. The van der Waals surface area contributed by atoms with Crippen LogP contribution in [-0.4, -0.2) is 8.07 Å². The molecule has 0 amide bonds. The lowest BCUT2D eigenvalue weighted by Gasteiger charge is -2.57. The first-order chi connectivity index (χ1) is 21.4. The van der Waals surface area contributed by atoms with Gasteiger partial charge in [-0.2, -0.15) is 0 Å². The van der Waals surface area contributed by atoms with Crippen molar-refractivity contribution < 1.29 is 0 Å². The van der Waals surface area contributed by atoms with Gasteiger partial charge >= 0.3 is 0 Å². The summed E-state index contributed by atoms with van der Waals surface area (Å²) in [7, 11) is -1.45. The normalized spacial score (nSPS) is 46.1. The Morgan fingerprint density at radius 3 is 2.48 bits per heavy atom.